The molecule has 2 rings (SSSR count). The summed E-state index contributed by atoms with van der Waals surface area (Å²) in [6, 6.07) is 21.0. The minimum atomic E-state index is -0.165. The molecule has 2 aromatic carbocycles. The first-order valence-corrected chi connectivity index (χ1v) is 8.92. The highest BCUT2D eigenvalue weighted by molar-refractivity contribution is 5.24. The summed E-state index contributed by atoms with van der Waals surface area (Å²) >= 11 is 0. The number of methoxy groups -OCH3 is 1. The Morgan fingerprint density at radius 3 is 1.58 bits per heavy atom. The second-order valence-electron chi connectivity index (χ2n) is 7.48. The largest absolute Gasteiger partial charge is 0.374 e. The molecule has 0 saturated carbocycles. The van der Waals surface area contributed by atoms with E-state index in [9.17, 15) is 0 Å². The molecule has 1 atom stereocenters. The summed E-state index contributed by atoms with van der Waals surface area (Å²) in [6.45, 7) is 13.4. The van der Waals surface area contributed by atoms with Gasteiger partial charge < -0.3 is 4.74 Å². The van der Waals surface area contributed by atoms with E-state index >= 15 is 0 Å². The molecular formula is C23H34O. The Bertz CT molecular complexity index is 569. The Labute approximate surface area is 149 Å². The van der Waals surface area contributed by atoms with E-state index in [4.69, 9.17) is 4.74 Å². The third kappa shape index (κ3) is 5.49. The highest BCUT2D eigenvalue weighted by Gasteiger charge is 2.25. The zero-order chi connectivity index (χ0) is 18.2. The van der Waals surface area contributed by atoms with E-state index in [1.54, 1.807) is 7.11 Å². The molecule has 0 aliphatic carbocycles. The van der Waals surface area contributed by atoms with Crippen LogP contribution in [0.25, 0.3) is 0 Å². The molecule has 0 aliphatic rings. The van der Waals surface area contributed by atoms with E-state index in [0.29, 0.717) is 5.41 Å². The van der Waals surface area contributed by atoms with Gasteiger partial charge in [0.2, 0.25) is 0 Å². The van der Waals surface area contributed by atoms with Crippen molar-refractivity contribution >= 4 is 0 Å². The van der Waals surface area contributed by atoms with E-state index in [1.165, 1.54) is 17.5 Å². The molecule has 132 valence electrons. The standard InChI is InChI=1S/C13H20.C10H14O/c1-5-11(2)13(3,4)12-9-7-6-8-10-12;1-10(2,11-3)9-7-5-4-6-8-9/h6-11H,5H2,1-4H3;4-8H,1-3H3. The van der Waals surface area contributed by atoms with Gasteiger partial charge in [0.05, 0.1) is 5.60 Å². The predicted molar refractivity (Wildman–Crippen MR) is 105 cm³/mol. The molecule has 2 aromatic rings. The normalized spacial score (nSPS) is 13.0. The Morgan fingerprint density at radius 2 is 1.21 bits per heavy atom. The van der Waals surface area contributed by atoms with Gasteiger partial charge in [-0.1, -0.05) is 94.8 Å². The maximum absolute atomic E-state index is 5.32. The molecule has 0 amide bonds. The first kappa shape index (κ1) is 20.4. The van der Waals surface area contributed by atoms with Crippen molar-refractivity contribution in [3.63, 3.8) is 0 Å². The van der Waals surface area contributed by atoms with Gasteiger partial charge in [-0.15, -0.1) is 0 Å². The molecular weight excluding hydrogens is 292 g/mol. The SMILES string of the molecule is CCC(C)C(C)(C)c1ccccc1.COC(C)(C)c1ccccc1. The fourth-order valence-corrected chi connectivity index (χ4v) is 2.62. The highest BCUT2D eigenvalue weighted by Crippen LogP contribution is 2.32. The average molecular weight is 327 g/mol. The zero-order valence-electron chi connectivity index (χ0n) is 16.5. The van der Waals surface area contributed by atoms with Crippen LogP contribution in [0.15, 0.2) is 60.7 Å². The zero-order valence-corrected chi connectivity index (χ0v) is 16.5. The molecule has 0 bridgehead atoms. The Hall–Kier alpha value is -1.60. The van der Waals surface area contributed by atoms with E-state index in [2.05, 4.69) is 84.0 Å². The fourth-order valence-electron chi connectivity index (χ4n) is 2.62. The topological polar surface area (TPSA) is 9.23 Å². The lowest BCUT2D eigenvalue weighted by Gasteiger charge is -2.31. The van der Waals surface area contributed by atoms with Gasteiger partial charge in [-0.25, -0.2) is 0 Å². The number of benzene rings is 2. The lowest BCUT2D eigenvalue weighted by molar-refractivity contribution is 0.0192. The molecule has 1 nitrogen and oxygen atoms in total. The monoisotopic (exact) mass is 326 g/mol. The molecule has 24 heavy (non-hydrogen) atoms. The summed E-state index contributed by atoms with van der Waals surface area (Å²) in [7, 11) is 1.73. The van der Waals surface area contributed by atoms with Crippen LogP contribution in [0.5, 0.6) is 0 Å². The molecule has 0 heterocycles. The summed E-state index contributed by atoms with van der Waals surface area (Å²) in [4.78, 5) is 0. The molecule has 0 N–H and O–H groups in total. The number of hydrogen-bond acceptors (Lipinski definition) is 1. The summed E-state index contributed by atoms with van der Waals surface area (Å²) in [5.41, 5.74) is 2.80. The molecule has 0 fully saturated rings. The van der Waals surface area contributed by atoms with Crippen molar-refractivity contribution in [3.05, 3.63) is 71.8 Å². The lowest BCUT2D eigenvalue weighted by atomic mass is 9.73. The first-order chi connectivity index (χ1) is 11.3. The van der Waals surface area contributed by atoms with Gasteiger partial charge in [0, 0.05) is 7.11 Å². The van der Waals surface area contributed by atoms with Crippen LogP contribution in [-0.2, 0) is 15.8 Å². The maximum Gasteiger partial charge on any atom is 0.0871 e. The number of ether oxygens (including phenoxy) is 1. The molecule has 0 spiro atoms. The highest BCUT2D eigenvalue weighted by atomic mass is 16.5. The van der Waals surface area contributed by atoms with Gasteiger partial charge in [-0.05, 0) is 36.3 Å². The van der Waals surface area contributed by atoms with Crippen LogP contribution in [0.4, 0.5) is 0 Å². The molecule has 1 unspecified atom stereocenters. The summed E-state index contributed by atoms with van der Waals surface area (Å²) in [5.74, 6) is 0.731. The van der Waals surface area contributed by atoms with Crippen LogP contribution >= 0.6 is 0 Å². The predicted octanol–water partition coefficient (Wildman–Crippen LogP) is 6.58. The maximum atomic E-state index is 5.32. The number of rotatable bonds is 5. The molecule has 0 aromatic heterocycles. The van der Waals surface area contributed by atoms with Crippen molar-refractivity contribution in [1.29, 1.82) is 0 Å². The van der Waals surface area contributed by atoms with Gasteiger partial charge in [-0.3, -0.25) is 0 Å². The number of hydrogen-bond donors (Lipinski definition) is 0. The summed E-state index contributed by atoms with van der Waals surface area (Å²) < 4.78 is 5.32. The molecule has 1 heteroatoms. The van der Waals surface area contributed by atoms with Crippen molar-refractivity contribution in [3.8, 4) is 0 Å². The van der Waals surface area contributed by atoms with Crippen LogP contribution in [0.2, 0.25) is 0 Å². The molecule has 0 aliphatic heterocycles. The van der Waals surface area contributed by atoms with Gasteiger partial charge in [-0.2, -0.15) is 0 Å². The van der Waals surface area contributed by atoms with Crippen molar-refractivity contribution in [2.75, 3.05) is 7.11 Å². The Kier molecular flexibility index (Phi) is 7.69. The van der Waals surface area contributed by atoms with E-state index in [-0.39, 0.29) is 5.60 Å². The summed E-state index contributed by atoms with van der Waals surface area (Å²) in [6.07, 6.45) is 1.24. The van der Waals surface area contributed by atoms with Crippen LogP contribution in [-0.4, -0.2) is 7.11 Å². The van der Waals surface area contributed by atoms with E-state index in [1.807, 2.05) is 18.2 Å². The van der Waals surface area contributed by atoms with Gasteiger partial charge in [0.15, 0.2) is 0 Å². The minimum Gasteiger partial charge on any atom is -0.374 e. The lowest BCUT2D eigenvalue weighted by Crippen LogP contribution is -2.25. The smallest absolute Gasteiger partial charge is 0.0871 e. The quantitative estimate of drug-likeness (QED) is 0.603. The molecule has 0 radical (unpaired) electrons. The van der Waals surface area contributed by atoms with E-state index in [0.717, 1.165) is 5.92 Å². The Morgan fingerprint density at radius 1 is 0.792 bits per heavy atom. The van der Waals surface area contributed by atoms with Crippen LogP contribution in [0.1, 0.15) is 59.1 Å². The van der Waals surface area contributed by atoms with Crippen molar-refractivity contribution in [2.24, 2.45) is 5.92 Å². The molecule has 0 saturated heterocycles. The van der Waals surface area contributed by atoms with Crippen molar-refractivity contribution in [2.45, 2.75) is 59.0 Å². The second kappa shape index (κ2) is 9.03. The van der Waals surface area contributed by atoms with Gasteiger partial charge in [0.25, 0.3) is 0 Å². The van der Waals surface area contributed by atoms with E-state index < -0.39 is 0 Å². The Balaban J connectivity index is 0.000000243. The van der Waals surface area contributed by atoms with Crippen LogP contribution < -0.4 is 0 Å². The fraction of sp³-hybridized carbons (Fsp3) is 0.478. The average Bonchev–Trinajstić information content (AvgIpc) is 2.63. The van der Waals surface area contributed by atoms with Crippen molar-refractivity contribution < 1.29 is 4.74 Å². The van der Waals surface area contributed by atoms with Gasteiger partial charge >= 0.3 is 0 Å². The second-order valence-corrected chi connectivity index (χ2v) is 7.48. The third-order valence-electron chi connectivity index (χ3n) is 5.34. The minimum absolute atomic E-state index is 0.165. The van der Waals surface area contributed by atoms with Crippen LogP contribution in [0.3, 0.4) is 0 Å². The van der Waals surface area contributed by atoms with Crippen molar-refractivity contribution in [1.82, 2.24) is 0 Å². The first-order valence-electron chi connectivity index (χ1n) is 8.92. The van der Waals surface area contributed by atoms with Gasteiger partial charge in [0.1, 0.15) is 0 Å². The van der Waals surface area contributed by atoms with Crippen LogP contribution in [0, 0.1) is 5.92 Å². The summed E-state index contributed by atoms with van der Waals surface area (Å²) in [5, 5.41) is 0. The third-order valence-corrected chi connectivity index (χ3v) is 5.34.